The SMILES string of the molecule is COCCCN(C)C1CCCCC1=O. The highest BCUT2D eigenvalue weighted by atomic mass is 16.5. The Morgan fingerprint density at radius 2 is 2.29 bits per heavy atom. The Bertz CT molecular complexity index is 182. The highest BCUT2D eigenvalue weighted by molar-refractivity contribution is 5.84. The van der Waals surface area contributed by atoms with Gasteiger partial charge in [-0.15, -0.1) is 0 Å². The molecule has 0 aliphatic heterocycles. The fraction of sp³-hybridized carbons (Fsp3) is 0.909. The third kappa shape index (κ3) is 3.39. The molecule has 0 amide bonds. The summed E-state index contributed by atoms with van der Waals surface area (Å²) in [5.74, 6) is 0.427. The lowest BCUT2D eigenvalue weighted by Gasteiger charge is -2.29. The van der Waals surface area contributed by atoms with Crippen LogP contribution in [0.15, 0.2) is 0 Å². The fourth-order valence-corrected chi connectivity index (χ4v) is 2.04. The van der Waals surface area contributed by atoms with Crippen molar-refractivity contribution in [2.45, 2.75) is 38.1 Å². The number of carbonyl (C=O) groups is 1. The summed E-state index contributed by atoms with van der Waals surface area (Å²) in [6.07, 6.45) is 5.12. The number of hydrogen-bond acceptors (Lipinski definition) is 3. The van der Waals surface area contributed by atoms with Gasteiger partial charge in [-0.25, -0.2) is 0 Å². The maximum absolute atomic E-state index is 11.6. The summed E-state index contributed by atoms with van der Waals surface area (Å²) in [6.45, 7) is 1.75. The van der Waals surface area contributed by atoms with Crippen molar-refractivity contribution in [3.63, 3.8) is 0 Å². The van der Waals surface area contributed by atoms with Gasteiger partial charge >= 0.3 is 0 Å². The van der Waals surface area contributed by atoms with Crippen LogP contribution in [-0.2, 0) is 9.53 Å². The number of Topliss-reactive ketones (excluding diaryl/α,β-unsaturated/α-hetero) is 1. The Morgan fingerprint density at radius 3 is 2.93 bits per heavy atom. The van der Waals surface area contributed by atoms with Crippen LogP contribution in [0.2, 0.25) is 0 Å². The van der Waals surface area contributed by atoms with Crippen molar-refractivity contribution in [3.05, 3.63) is 0 Å². The van der Waals surface area contributed by atoms with E-state index in [0.29, 0.717) is 5.78 Å². The van der Waals surface area contributed by atoms with Crippen molar-refractivity contribution < 1.29 is 9.53 Å². The van der Waals surface area contributed by atoms with E-state index in [9.17, 15) is 4.79 Å². The van der Waals surface area contributed by atoms with Crippen LogP contribution >= 0.6 is 0 Å². The Kier molecular flexibility index (Phi) is 5.12. The van der Waals surface area contributed by atoms with E-state index in [-0.39, 0.29) is 6.04 Å². The predicted molar refractivity (Wildman–Crippen MR) is 56.4 cm³/mol. The van der Waals surface area contributed by atoms with E-state index < -0.39 is 0 Å². The summed E-state index contributed by atoms with van der Waals surface area (Å²) in [5, 5.41) is 0. The minimum atomic E-state index is 0.181. The van der Waals surface area contributed by atoms with Gasteiger partial charge in [0.1, 0.15) is 5.78 Å². The number of rotatable bonds is 5. The summed E-state index contributed by atoms with van der Waals surface area (Å²) in [6, 6.07) is 0.181. The minimum absolute atomic E-state index is 0.181. The molecule has 1 atom stereocenters. The highest BCUT2D eigenvalue weighted by Crippen LogP contribution is 2.18. The van der Waals surface area contributed by atoms with Gasteiger partial charge in [-0.2, -0.15) is 0 Å². The molecule has 3 nitrogen and oxygen atoms in total. The van der Waals surface area contributed by atoms with Crippen LogP contribution in [0.25, 0.3) is 0 Å². The first-order valence-corrected chi connectivity index (χ1v) is 5.47. The Morgan fingerprint density at radius 1 is 1.50 bits per heavy atom. The second-order valence-corrected chi connectivity index (χ2v) is 4.05. The first kappa shape index (κ1) is 11.7. The molecule has 1 aliphatic rings. The molecule has 1 saturated carbocycles. The van der Waals surface area contributed by atoms with E-state index in [4.69, 9.17) is 4.74 Å². The molecule has 0 N–H and O–H groups in total. The van der Waals surface area contributed by atoms with Crippen molar-refractivity contribution in [1.29, 1.82) is 0 Å². The van der Waals surface area contributed by atoms with Gasteiger partial charge in [0.25, 0.3) is 0 Å². The third-order valence-corrected chi connectivity index (χ3v) is 2.91. The van der Waals surface area contributed by atoms with Gasteiger partial charge in [-0.3, -0.25) is 9.69 Å². The average molecular weight is 199 g/mol. The zero-order chi connectivity index (χ0) is 10.4. The maximum Gasteiger partial charge on any atom is 0.149 e. The lowest BCUT2D eigenvalue weighted by molar-refractivity contribution is -0.125. The van der Waals surface area contributed by atoms with Crippen LogP contribution in [0.5, 0.6) is 0 Å². The van der Waals surface area contributed by atoms with Crippen LogP contribution in [0.1, 0.15) is 32.1 Å². The largest absolute Gasteiger partial charge is 0.385 e. The molecule has 1 fully saturated rings. The molecule has 82 valence electrons. The molecule has 1 aliphatic carbocycles. The molecule has 0 bridgehead atoms. The molecule has 14 heavy (non-hydrogen) atoms. The average Bonchev–Trinajstić information content (AvgIpc) is 2.18. The monoisotopic (exact) mass is 199 g/mol. The molecule has 0 saturated heterocycles. The maximum atomic E-state index is 11.6. The van der Waals surface area contributed by atoms with Crippen LogP contribution < -0.4 is 0 Å². The van der Waals surface area contributed by atoms with Crippen molar-refractivity contribution in [1.82, 2.24) is 4.90 Å². The van der Waals surface area contributed by atoms with Gasteiger partial charge in [-0.05, 0) is 26.3 Å². The molecular weight excluding hydrogens is 178 g/mol. The number of likely N-dealkylation sites (N-methyl/N-ethyl adjacent to an activating group) is 1. The van der Waals surface area contributed by atoms with Crippen LogP contribution in [-0.4, -0.2) is 44.0 Å². The summed E-state index contributed by atoms with van der Waals surface area (Å²) in [7, 11) is 3.76. The number of carbonyl (C=O) groups excluding carboxylic acids is 1. The standard InChI is InChI=1S/C11H21NO2/c1-12(8-5-9-14-2)10-6-3-4-7-11(10)13/h10H,3-9H2,1-2H3. The summed E-state index contributed by atoms with van der Waals surface area (Å²) >= 11 is 0. The van der Waals surface area contributed by atoms with Gasteiger partial charge in [0, 0.05) is 26.7 Å². The number of nitrogens with zero attached hydrogens (tertiary/aromatic N) is 1. The Hall–Kier alpha value is -0.410. The van der Waals surface area contributed by atoms with Gasteiger partial charge in [0.05, 0.1) is 6.04 Å². The fourth-order valence-electron chi connectivity index (χ4n) is 2.04. The van der Waals surface area contributed by atoms with Crippen molar-refractivity contribution in [2.24, 2.45) is 0 Å². The topological polar surface area (TPSA) is 29.5 Å². The summed E-state index contributed by atoms with van der Waals surface area (Å²) in [5.41, 5.74) is 0. The Labute approximate surface area is 86.4 Å². The molecule has 1 rings (SSSR count). The van der Waals surface area contributed by atoms with Crippen LogP contribution in [0.3, 0.4) is 0 Å². The molecule has 0 aromatic rings. The first-order valence-electron chi connectivity index (χ1n) is 5.47. The van der Waals surface area contributed by atoms with Crippen molar-refractivity contribution in [3.8, 4) is 0 Å². The van der Waals surface area contributed by atoms with Crippen LogP contribution in [0, 0.1) is 0 Å². The van der Waals surface area contributed by atoms with Gasteiger partial charge < -0.3 is 4.74 Å². The lowest BCUT2D eigenvalue weighted by atomic mass is 9.93. The van der Waals surface area contributed by atoms with Gasteiger partial charge in [0.2, 0.25) is 0 Å². The molecule has 0 radical (unpaired) electrons. The highest BCUT2D eigenvalue weighted by Gasteiger charge is 2.25. The number of ketones is 1. The van der Waals surface area contributed by atoms with Gasteiger partial charge in [0.15, 0.2) is 0 Å². The summed E-state index contributed by atoms with van der Waals surface area (Å²) < 4.78 is 4.99. The zero-order valence-electron chi connectivity index (χ0n) is 9.29. The van der Waals surface area contributed by atoms with E-state index in [1.807, 2.05) is 7.05 Å². The van der Waals surface area contributed by atoms with E-state index in [2.05, 4.69) is 4.90 Å². The minimum Gasteiger partial charge on any atom is -0.385 e. The molecule has 0 aromatic carbocycles. The normalized spacial score (nSPS) is 23.1. The van der Waals surface area contributed by atoms with Crippen molar-refractivity contribution in [2.75, 3.05) is 27.3 Å². The van der Waals surface area contributed by atoms with Crippen LogP contribution in [0.4, 0.5) is 0 Å². The number of ether oxygens (including phenoxy) is 1. The molecule has 3 heteroatoms. The number of methoxy groups -OCH3 is 1. The molecule has 1 unspecified atom stereocenters. The number of hydrogen-bond donors (Lipinski definition) is 0. The quantitative estimate of drug-likeness (QED) is 0.628. The molecular formula is C11H21NO2. The second-order valence-electron chi connectivity index (χ2n) is 4.05. The van der Waals surface area contributed by atoms with E-state index in [1.54, 1.807) is 7.11 Å². The smallest absolute Gasteiger partial charge is 0.149 e. The van der Waals surface area contributed by atoms with E-state index in [0.717, 1.165) is 38.8 Å². The molecule has 0 aromatic heterocycles. The first-order chi connectivity index (χ1) is 6.75. The summed E-state index contributed by atoms with van der Waals surface area (Å²) in [4.78, 5) is 13.8. The second kappa shape index (κ2) is 6.14. The third-order valence-electron chi connectivity index (χ3n) is 2.91. The van der Waals surface area contributed by atoms with E-state index >= 15 is 0 Å². The lowest BCUT2D eigenvalue weighted by Crippen LogP contribution is -2.41. The van der Waals surface area contributed by atoms with Gasteiger partial charge in [-0.1, -0.05) is 6.42 Å². The zero-order valence-corrected chi connectivity index (χ0v) is 9.29. The molecule has 0 spiro atoms. The Balaban J connectivity index is 2.27. The predicted octanol–water partition coefficient (Wildman–Crippen LogP) is 1.47. The van der Waals surface area contributed by atoms with Crippen molar-refractivity contribution >= 4 is 5.78 Å². The molecule has 0 heterocycles. The van der Waals surface area contributed by atoms with E-state index in [1.165, 1.54) is 6.42 Å².